The number of carbonyl (C=O) groups is 3. The normalized spacial score (nSPS) is 11.5. The first kappa shape index (κ1) is 19.2. The van der Waals surface area contributed by atoms with Crippen molar-refractivity contribution in [1.29, 1.82) is 0 Å². The Morgan fingerprint density at radius 3 is 2.08 bits per heavy atom. The van der Waals surface area contributed by atoms with E-state index in [0.29, 0.717) is 11.3 Å². The van der Waals surface area contributed by atoms with Crippen molar-refractivity contribution in [3.63, 3.8) is 0 Å². The second-order valence-corrected chi connectivity index (χ2v) is 6.08. The molecule has 6 nitrogen and oxygen atoms in total. The van der Waals surface area contributed by atoms with Gasteiger partial charge in [0, 0.05) is 11.3 Å². The van der Waals surface area contributed by atoms with Crippen molar-refractivity contribution in [3.8, 4) is 0 Å². The van der Waals surface area contributed by atoms with Gasteiger partial charge in [0.2, 0.25) is 0 Å². The van der Waals surface area contributed by atoms with Crippen LogP contribution in [0.1, 0.15) is 24.2 Å². The molecule has 0 fully saturated rings. The number of nitrogens with one attached hydrogen (secondary N) is 2. The maximum atomic E-state index is 12.3. The largest absolute Gasteiger partial charge is 0.454 e. The fourth-order valence-electron chi connectivity index (χ4n) is 2.26. The number of hydrogen-bond donors (Lipinski definition) is 2. The zero-order chi connectivity index (χ0) is 18.9. The van der Waals surface area contributed by atoms with Crippen LogP contribution in [0, 0.1) is 5.92 Å². The van der Waals surface area contributed by atoms with E-state index in [0.717, 1.165) is 0 Å². The van der Waals surface area contributed by atoms with Gasteiger partial charge < -0.3 is 15.4 Å². The molecule has 2 aromatic rings. The van der Waals surface area contributed by atoms with E-state index >= 15 is 0 Å². The lowest BCUT2D eigenvalue weighted by molar-refractivity contribution is -0.150. The minimum atomic E-state index is -0.841. The topological polar surface area (TPSA) is 84.5 Å². The van der Waals surface area contributed by atoms with E-state index in [1.165, 1.54) is 0 Å². The molecule has 0 radical (unpaired) electrons. The van der Waals surface area contributed by atoms with E-state index in [2.05, 4.69) is 10.6 Å². The van der Waals surface area contributed by atoms with Gasteiger partial charge in [0.25, 0.3) is 11.8 Å². The molecule has 0 saturated carbocycles. The molecule has 26 heavy (non-hydrogen) atoms. The van der Waals surface area contributed by atoms with E-state index in [1.807, 2.05) is 6.07 Å². The Morgan fingerprint density at radius 1 is 0.923 bits per heavy atom. The molecule has 2 N–H and O–H groups in total. The highest BCUT2D eigenvalue weighted by molar-refractivity contribution is 5.97. The number of anilines is 1. The van der Waals surface area contributed by atoms with Crippen LogP contribution in [0.15, 0.2) is 60.7 Å². The van der Waals surface area contributed by atoms with Gasteiger partial charge in [0.05, 0.1) is 0 Å². The summed E-state index contributed by atoms with van der Waals surface area (Å²) in [6.07, 6.45) is 0. The van der Waals surface area contributed by atoms with Crippen molar-refractivity contribution in [2.75, 3.05) is 11.9 Å². The summed E-state index contributed by atoms with van der Waals surface area (Å²) < 4.78 is 5.07. The van der Waals surface area contributed by atoms with Gasteiger partial charge in [-0.15, -0.1) is 0 Å². The maximum Gasteiger partial charge on any atom is 0.329 e. The second-order valence-electron chi connectivity index (χ2n) is 6.08. The van der Waals surface area contributed by atoms with Crippen molar-refractivity contribution in [1.82, 2.24) is 5.32 Å². The zero-order valence-corrected chi connectivity index (χ0v) is 14.8. The van der Waals surface area contributed by atoms with Gasteiger partial charge in [-0.05, 0) is 30.2 Å². The fourth-order valence-corrected chi connectivity index (χ4v) is 2.26. The average Bonchev–Trinajstić information content (AvgIpc) is 2.65. The van der Waals surface area contributed by atoms with Crippen LogP contribution in [0.4, 0.5) is 5.69 Å². The Morgan fingerprint density at radius 2 is 1.50 bits per heavy atom. The molecule has 0 bridgehead atoms. The molecular weight excluding hydrogens is 332 g/mol. The van der Waals surface area contributed by atoms with Gasteiger partial charge in [-0.1, -0.05) is 50.2 Å². The second kappa shape index (κ2) is 9.36. The Hall–Kier alpha value is -3.15. The van der Waals surface area contributed by atoms with Crippen LogP contribution >= 0.6 is 0 Å². The van der Waals surface area contributed by atoms with Gasteiger partial charge in [-0.3, -0.25) is 9.59 Å². The molecule has 6 heteroatoms. The summed E-state index contributed by atoms with van der Waals surface area (Å²) in [6, 6.07) is 16.6. The van der Waals surface area contributed by atoms with Gasteiger partial charge in [0.15, 0.2) is 6.61 Å². The predicted molar refractivity (Wildman–Crippen MR) is 98.6 cm³/mol. The van der Waals surface area contributed by atoms with E-state index in [-0.39, 0.29) is 11.8 Å². The van der Waals surface area contributed by atoms with Crippen LogP contribution in [0.3, 0.4) is 0 Å². The first-order chi connectivity index (χ1) is 12.5. The summed E-state index contributed by atoms with van der Waals surface area (Å²) in [5, 5.41) is 5.29. The van der Waals surface area contributed by atoms with Crippen LogP contribution in [-0.4, -0.2) is 30.4 Å². The highest BCUT2D eigenvalue weighted by Gasteiger charge is 2.26. The molecule has 0 spiro atoms. The van der Waals surface area contributed by atoms with Crippen LogP contribution in [0.5, 0.6) is 0 Å². The Balaban J connectivity index is 1.89. The summed E-state index contributed by atoms with van der Waals surface area (Å²) in [5.41, 5.74) is 1.07. The van der Waals surface area contributed by atoms with Gasteiger partial charge in [-0.25, -0.2) is 4.79 Å². The summed E-state index contributed by atoms with van der Waals surface area (Å²) >= 11 is 0. The zero-order valence-electron chi connectivity index (χ0n) is 14.8. The smallest absolute Gasteiger partial charge is 0.329 e. The molecule has 0 saturated heterocycles. The van der Waals surface area contributed by atoms with Gasteiger partial charge >= 0.3 is 5.97 Å². The number of rotatable bonds is 7. The minimum Gasteiger partial charge on any atom is -0.454 e. The molecule has 136 valence electrons. The van der Waals surface area contributed by atoms with Crippen molar-refractivity contribution < 1.29 is 19.1 Å². The SMILES string of the molecule is CC(C)[C@@H](NC(=O)c1ccccc1)C(=O)OCC(=O)Nc1ccccc1. The fraction of sp³-hybridized carbons (Fsp3) is 0.250. The number of para-hydroxylation sites is 1. The van der Waals surface area contributed by atoms with Gasteiger partial charge in [-0.2, -0.15) is 0 Å². The Bertz CT molecular complexity index is 745. The average molecular weight is 354 g/mol. The minimum absolute atomic E-state index is 0.188. The molecule has 1 atom stereocenters. The van der Waals surface area contributed by atoms with E-state index in [1.54, 1.807) is 68.4 Å². The highest BCUT2D eigenvalue weighted by atomic mass is 16.5. The van der Waals surface area contributed by atoms with Crippen LogP contribution in [-0.2, 0) is 14.3 Å². The highest BCUT2D eigenvalue weighted by Crippen LogP contribution is 2.08. The molecule has 2 amide bonds. The third kappa shape index (κ3) is 5.73. The molecule has 0 aromatic heterocycles. The number of hydrogen-bond acceptors (Lipinski definition) is 4. The molecule has 0 unspecified atom stereocenters. The lowest BCUT2D eigenvalue weighted by Gasteiger charge is -2.20. The third-order valence-corrected chi connectivity index (χ3v) is 3.65. The molecular formula is C20H22N2O4. The quantitative estimate of drug-likeness (QED) is 0.749. The summed E-state index contributed by atoms with van der Waals surface area (Å²) in [7, 11) is 0. The predicted octanol–water partition coefficient (Wildman–Crippen LogP) is 2.62. The first-order valence-corrected chi connectivity index (χ1v) is 8.35. The lowest BCUT2D eigenvalue weighted by atomic mass is 10.0. The standard InChI is InChI=1S/C20H22N2O4/c1-14(2)18(22-19(24)15-9-5-3-6-10-15)20(25)26-13-17(23)21-16-11-7-4-8-12-16/h3-12,14,18H,13H2,1-2H3,(H,21,23)(H,22,24)/t18-/m1/s1. The van der Waals surface area contributed by atoms with Crippen LogP contribution in [0.25, 0.3) is 0 Å². The van der Waals surface area contributed by atoms with Crippen LogP contribution < -0.4 is 10.6 Å². The molecule has 2 aromatic carbocycles. The van der Waals surface area contributed by atoms with E-state index in [4.69, 9.17) is 4.74 Å². The molecule has 0 heterocycles. The summed E-state index contributed by atoms with van der Waals surface area (Å²) in [6.45, 7) is 3.17. The lowest BCUT2D eigenvalue weighted by Crippen LogP contribution is -2.45. The maximum absolute atomic E-state index is 12.3. The van der Waals surface area contributed by atoms with Crippen molar-refractivity contribution in [3.05, 3.63) is 66.2 Å². The summed E-state index contributed by atoms with van der Waals surface area (Å²) in [5.74, 6) is -1.64. The van der Waals surface area contributed by atoms with Crippen molar-refractivity contribution in [2.45, 2.75) is 19.9 Å². The Labute approximate surface area is 152 Å². The molecule has 2 rings (SSSR count). The monoisotopic (exact) mass is 354 g/mol. The number of benzene rings is 2. The number of amides is 2. The van der Waals surface area contributed by atoms with E-state index < -0.39 is 24.5 Å². The number of ether oxygens (including phenoxy) is 1. The molecule has 0 aliphatic carbocycles. The number of carbonyl (C=O) groups excluding carboxylic acids is 3. The molecule has 0 aliphatic heterocycles. The number of esters is 1. The molecule has 0 aliphatic rings. The van der Waals surface area contributed by atoms with E-state index in [9.17, 15) is 14.4 Å². The Kier molecular flexibility index (Phi) is 6.91. The van der Waals surface area contributed by atoms with Crippen LogP contribution in [0.2, 0.25) is 0 Å². The van der Waals surface area contributed by atoms with Crippen molar-refractivity contribution >= 4 is 23.5 Å². The van der Waals surface area contributed by atoms with Gasteiger partial charge in [0.1, 0.15) is 6.04 Å². The third-order valence-electron chi connectivity index (χ3n) is 3.65. The first-order valence-electron chi connectivity index (χ1n) is 8.35. The van der Waals surface area contributed by atoms with Crippen molar-refractivity contribution in [2.24, 2.45) is 5.92 Å². The summed E-state index contributed by atoms with van der Waals surface area (Å²) in [4.78, 5) is 36.4.